The van der Waals surface area contributed by atoms with Crippen molar-refractivity contribution in [2.45, 2.75) is 25.4 Å². The molecular weight excluding hydrogens is 270 g/mol. The first-order valence-electron chi connectivity index (χ1n) is 8.13. The zero-order valence-electron chi connectivity index (χ0n) is 13.5. The first kappa shape index (κ1) is 15.3. The number of benzene rings is 2. The van der Waals surface area contributed by atoms with Crippen LogP contribution in [0.15, 0.2) is 54.6 Å². The first-order valence-corrected chi connectivity index (χ1v) is 8.13. The van der Waals surface area contributed by atoms with E-state index in [2.05, 4.69) is 73.5 Å². The Hall–Kier alpha value is -1.64. The zero-order valence-corrected chi connectivity index (χ0v) is 13.5. The van der Waals surface area contributed by atoms with E-state index in [4.69, 9.17) is 4.74 Å². The van der Waals surface area contributed by atoms with Gasteiger partial charge in [0.2, 0.25) is 0 Å². The van der Waals surface area contributed by atoms with E-state index in [-0.39, 0.29) is 6.10 Å². The van der Waals surface area contributed by atoms with E-state index >= 15 is 0 Å². The van der Waals surface area contributed by atoms with Gasteiger partial charge in [-0.15, -0.1) is 0 Å². The molecule has 0 saturated carbocycles. The first-order chi connectivity index (χ1) is 10.7. The van der Waals surface area contributed by atoms with Gasteiger partial charge in [-0.05, 0) is 37.1 Å². The molecular formula is C20H25NO. The van der Waals surface area contributed by atoms with Crippen molar-refractivity contribution in [3.05, 3.63) is 71.3 Å². The molecule has 0 aliphatic carbocycles. The van der Waals surface area contributed by atoms with Crippen molar-refractivity contribution in [3.63, 3.8) is 0 Å². The summed E-state index contributed by atoms with van der Waals surface area (Å²) in [5.41, 5.74) is 4.17. The third-order valence-electron chi connectivity index (χ3n) is 4.67. The van der Waals surface area contributed by atoms with E-state index in [1.54, 1.807) is 0 Å². The quantitative estimate of drug-likeness (QED) is 0.853. The lowest BCUT2D eigenvalue weighted by Crippen LogP contribution is -2.43. The van der Waals surface area contributed by atoms with Gasteiger partial charge in [-0.3, -0.25) is 0 Å². The average Bonchev–Trinajstić information content (AvgIpc) is 2.55. The number of morpholine rings is 1. The summed E-state index contributed by atoms with van der Waals surface area (Å²) < 4.78 is 6.14. The summed E-state index contributed by atoms with van der Waals surface area (Å²) in [7, 11) is 2.19. The molecule has 1 fully saturated rings. The Labute approximate surface area is 133 Å². The minimum Gasteiger partial charge on any atom is -0.375 e. The van der Waals surface area contributed by atoms with Gasteiger partial charge in [0.15, 0.2) is 0 Å². The van der Waals surface area contributed by atoms with Crippen LogP contribution in [0.1, 0.15) is 22.6 Å². The molecule has 0 unspecified atom stereocenters. The Morgan fingerprint density at radius 1 is 1.09 bits per heavy atom. The van der Waals surface area contributed by atoms with Crippen LogP contribution in [0.5, 0.6) is 0 Å². The fourth-order valence-corrected chi connectivity index (χ4v) is 3.29. The second-order valence-electron chi connectivity index (χ2n) is 6.32. The number of hydrogen-bond donors (Lipinski definition) is 0. The van der Waals surface area contributed by atoms with E-state index in [0.717, 1.165) is 26.1 Å². The van der Waals surface area contributed by atoms with Crippen molar-refractivity contribution in [1.82, 2.24) is 4.90 Å². The lowest BCUT2D eigenvalue weighted by molar-refractivity contribution is -0.0335. The molecule has 0 amide bonds. The second kappa shape index (κ2) is 7.08. The van der Waals surface area contributed by atoms with Gasteiger partial charge in [-0.2, -0.15) is 0 Å². The van der Waals surface area contributed by atoms with Crippen LogP contribution >= 0.6 is 0 Å². The molecule has 0 bridgehead atoms. The summed E-state index contributed by atoms with van der Waals surface area (Å²) in [5.74, 6) is 0.407. The van der Waals surface area contributed by atoms with Crippen molar-refractivity contribution in [1.29, 1.82) is 0 Å². The SMILES string of the molecule is Cc1ccccc1C[C@@H](c1ccccc1)[C@@H]1CN(C)CCO1. The highest BCUT2D eigenvalue weighted by atomic mass is 16.5. The molecule has 2 atom stereocenters. The van der Waals surface area contributed by atoms with Gasteiger partial charge in [0, 0.05) is 19.0 Å². The largest absolute Gasteiger partial charge is 0.375 e. The van der Waals surface area contributed by atoms with Crippen LogP contribution in [0.3, 0.4) is 0 Å². The molecule has 1 heterocycles. The molecule has 1 aliphatic heterocycles. The van der Waals surface area contributed by atoms with Crippen LogP contribution in [0.25, 0.3) is 0 Å². The number of likely N-dealkylation sites (N-methyl/N-ethyl adjacent to an activating group) is 1. The predicted molar refractivity (Wildman–Crippen MR) is 91.3 cm³/mol. The highest BCUT2D eigenvalue weighted by Crippen LogP contribution is 2.29. The molecule has 2 aromatic rings. The number of ether oxygens (including phenoxy) is 1. The van der Waals surface area contributed by atoms with Gasteiger partial charge in [0.1, 0.15) is 0 Å². The van der Waals surface area contributed by atoms with Crippen LogP contribution in [0, 0.1) is 6.92 Å². The van der Waals surface area contributed by atoms with Gasteiger partial charge in [0.05, 0.1) is 12.7 Å². The van der Waals surface area contributed by atoms with Crippen LogP contribution < -0.4 is 0 Å². The summed E-state index contributed by atoms with van der Waals surface area (Å²) in [5, 5.41) is 0. The normalized spacial score (nSPS) is 20.7. The van der Waals surface area contributed by atoms with Crippen LogP contribution in [-0.2, 0) is 11.2 Å². The summed E-state index contributed by atoms with van der Waals surface area (Å²) in [4.78, 5) is 2.38. The lowest BCUT2D eigenvalue weighted by Gasteiger charge is -2.35. The molecule has 3 rings (SSSR count). The minimum atomic E-state index is 0.265. The Morgan fingerprint density at radius 3 is 2.55 bits per heavy atom. The molecule has 22 heavy (non-hydrogen) atoms. The smallest absolute Gasteiger partial charge is 0.0774 e. The van der Waals surface area contributed by atoms with Crippen LogP contribution in [-0.4, -0.2) is 37.7 Å². The third kappa shape index (κ3) is 3.57. The van der Waals surface area contributed by atoms with Crippen molar-refractivity contribution < 1.29 is 4.74 Å². The van der Waals surface area contributed by atoms with Gasteiger partial charge in [-0.1, -0.05) is 54.6 Å². The Balaban J connectivity index is 1.88. The maximum atomic E-state index is 6.14. The lowest BCUT2D eigenvalue weighted by atomic mass is 9.85. The topological polar surface area (TPSA) is 12.5 Å². The summed E-state index contributed by atoms with van der Waals surface area (Å²) in [6.07, 6.45) is 1.30. The van der Waals surface area contributed by atoms with Gasteiger partial charge < -0.3 is 9.64 Å². The van der Waals surface area contributed by atoms with Crippen LogP contribution in [0.4, 0.5) is 0 Å². The summed E-state index contributed by atoms with van der Waals surface area (Å²) in [6, 6.07) is 19.5. The van der Waals surface area contributed by atoms with E-state index in [1.165, 1.54) is 16.7 Å². The molecule has 2 nitrogen and oxygen atoms in total. The molecule has 116 valence electrons. The highest BCUT2D eigenvalue weighted by molar-refractivity contribution is 5.30. The number of rotatable bonds is 4. The molecule has 0 aromatic heterocycles. The standard InChI is InChI=1S/C20H25NO/c1-16-8-6-7-11-18(16)14-19(17-9-4-3-5-10-17)20-15-21(2)12-13-22-20/h3-11,19-20H,12-15H2,1-2H3/t19-,20-/m0/s1. The van der Waals surface area contributed by atoms with E-state index < -0.39 is 0 Å². The molecule has 0 spiro atoms. The van der Waals surface area contributed by atoms with Gasteiger partial charge in [0.25, 0.3) is 0 Å². The van der Waals surface area contributed by atoms with Crippen LogP contribution in [0.2, 0.25) is 0 Å². The second-order valence-corrected chi connectivity index (χ2v) is 6.32. The molecule has 2 heteroatoms. The Kier molecular flexibility index (Phi) is 4.91. The predicted octanol–water partition coefficient (Wildman–Crippen LogP) is 3.65. The third-order valence-corrected chi connectivity index (χ3v) is 4.67. The van der Waals surface area contributed by atoms with E-state index in [9.17, 15) is 0 Å². The van der Waals surface area contributed by atoms with Crippen molar-refractivity contribution in [3.8, 4) is 0 Å². The average molecular weight is 295 g/mol. The molecule has 2 aromatic carbocycles. The summed E-state index contributed by atoms with van der Waals surface area (Å²) in [6.45, 7) is 5.07. The van der Waals surface area contributed by atoms with Gasteiger partial charge in [-0.25, -0.2) is 0 Å². The molecule has 0 N–H and O–H groups in total. The monoisotopic (exact) mass is 295 g/mol. The van der Waals surface area contributed by atoms with Crippen molar-refractivity contribution in [2.24, 2.45) is 0 Å². The highest BCUT2D eigenvalue weighted by Gasteiger charge is 2.28. The zero-order chi connectivity index (χ0) is 15.4. The maximum absolute atomic E-state index is 6.14. The number of aryl methyl sites for hydroxylation is 1. The fourth-order valence-electron chi connectivity index (χ4n) is 3.29. The van der Waals surface area contributed by atoms with Gasteiger partial charge >= 0.3 is 0 Å². The summed E-state index contributed by atoms with van der Waals surface area (Å²) >= 11 is 0. The number of hydrogen-bond acceptors (Lipinski definition) is 2. The Bertz CT molecular complexity index is 596. The molecule has 1 aliphatic rings. The van der Waals surface area contributed by atoms with Crippen molar-refractivity contribution in [2.75, 3.05) is 26.7 Å². The fraction of sp³-hybridized carbons (Fsp3) is 0.400. The van der Waals surface area contributed by atoms with E-state index in [0.29, 0.717) is 5.92 Å². The Morgan fingerprint density at radius 2 is 1.82 bits per heavy atom. The number of nitrogens with zero attached hydrogens (tertiary/aromatic N) is 1. The molecule has 1 saturated heterocycles. The van der Waals surface area contributed by atoms with E-state index in [1.807, 2.05) is 0 Å². The minimum absolute atomic E-state index is 0.265. The maximum Gasteiger partial charge on any atom is 0.0774 e. The van der Waals surface area contributed by atoms with Crippen molar-refractivity contribution >= 4 is 0 Å². The molecule has 0 radical (unpaired) electrons.